The minimum atomic E-state index is -0.146. The predicted octanol–water partition coefficient (Wildman–Crippen LogP) is 3.59. The summed E-state index contributed by atoms with van der Waals surface area (Å²) >= 11 is 3.44. The summed E-state index contributed by atoms with van der Waals surface area (Å²) in [5.74, 6) is -0.146. The number of nitrogens with one attached hydrogen (secondary N) is 1. The Morgan fingerprint density at radius 3 is 2.59 bits per heavy atom. The third-order valence-electron chi connectivity index (χ3n) is 3.23. The van der Waals surface area contributed by atoms with E-state index < -0.39 is 0 Å². The van der Waals surface area contributed by atoms with Crippen molar-refractivity contribution in [3.8, 4) is 5.69 Å². The number of aromatic nitrogens is 3. The molecule has 1 heterocycles. The number of halogens is 1. The number of anilines is 1. The van der Waals surface area contributed by atoms with E-state index in [0.29, 0.717) is 5.56 Å². The van der Waals surface area contributed by atoms with Gasteiger partial charge in [-0.25, -0.2) is 9.67 Å². The van der Waals surface area contributed by atoms with Crippen LogP contribution in [0.5, 0.6) is 0 Å². The monoisotopic (exact) mass is 356 g/mol. The number of amides is 1. The highest BCUT2D eigenvalue weighted by Gasteiger charge is 2.07. The van der Waals surface area contributed by atoms with Crippen molar-refractivity contribution >= 4 is 27.5 Å². The normalized spacial score (nSPS) is 10.5. The van der Waals surface area contributed by atoms with Gasteiger partial charge in [0.05, 0.1) is 5.69 Å². The van der Waals surface area contributed by atoms with Crippen molar-refractivity contribution < 1.29 is 4.79 Å². The Morgan fingerprint density at radius 1 is 1.18 bits per heavy atom. The van der Waals surface area contributed by atoms with Crippen LogP contribution in [0.1, 0.15) is 15.9 Å². The lowest BCUT2D eigenvalue weighted by molar-refractivity contribution is 0.102. The van der Waals surface area contributed by atoms with E-state index >= 15 is 0 Å². The second kappa shape index (κ2) is 6.11. The molecule has 0 saturated heterocycles. The zero-order valence-corrected chi connectivity index (χ0v) is 13.4. The van der Waals surface area contributed by atoms with E-state index in [9.17, 15) is 4.79 Å². The fourth-order valence-corrected chi connectivity index (χ4v) is 2.28. The Labute approximate surface area is 136 Å². The van der Waals surface area contributed by atoms with Gasteiger partial charge in [-0.1, -0.05) is 15.9 Å². The van der Waals surface area contributed by atoms with Gasteiger partial charge < -0.3 is 5.32 Å². The number of rotatable bonds is 3. The molecule has 0 bridgehead atoms. The molecule has 0 aliphatic rings. The molecule has 0 radical (unpaired) electrons. The van der Waals surface area contributed by atoms with Crippen molar-refractivity contribution in [2.75, 3.05) is 5.32 Å². The largest absolute Gasteiger partial charge is 0.322 e. The average Bonchev–Trinajstić information content (AvgIpc) is 3.05. The summed E-state index contributed by atoms with van der Waals surface area (Å²) in [5.41, 5.74) is 3.28. The van der Waals surface area contributed by atoms with Crippen LogP contribution in [0.15, 0.2) is 59.6 Å². The van der Waals surface area contributed by atoms with E-state index in [4.69, 9.17) is 0 Å². The van der Waals surface area contributed by atoms with E-state index in [2.05, 4.69) is 31.3 Å². The average molecular weight is 357 g/mol. The van der Waals surface area contributed by atoms with Gasteiger partial charge in [0.1, 0.15) is 12.7 Å². The van der Waals surface area contributed by atoms with Crippen molar-refractivity contribution in [3.63, 3.8) is 0 Å². The van der Waals surface area contributed by atoms with Crippen LogP contribution in [-0.2, 0) is 0 Å². The molecule has 22 heavy (non-hydrogen) atoms. The molecule has 0 spiro atoms. The molecule has 0 atom stereocenters. The van der Waals surface area contributed by atoms with Crippen molar-refractivity contribution in [1.29, 1.82) is 0 Å². The molecule has 0 unspecified atom stereocenters. The lowest BCUT2D eigenvalue weighted by Crippen LogP contribution is -2.12. The predicted molar refractivity (Wildman–Crippen MR) is 88.2 cm³/mol. The minimum absolute atomic E-state index is 0.146. The van der Waals surface area contributed by atoms with Gasteiger partial charge in [-0.05, 0) is 55.0 Å². The zero-order chi connectivity index (χ0) is 15.5. The molecule has 5 nitrogen and oxygen atoms in total. The molecule has 3 aromatic rings. The first-order valence-electron chi connectivity index (χ1n) is 6.66. The topological polar surface area (TPSA) is 59.8 Å². The van der Waals surface area contributed by atoms with Gasteiger partial charge in [0.25, 0.3) is 5.91 Å². The van der Waals surface area contributed by atoms with Crippen molar-refractivity contribution in [2.45, 2.75) is 6.92 Å². The summed E-state index contributed by atoms with van der Waals surface area (Å²) < 4.78 is 2.66. The standard InChI is InChI=1S/C16H13BrN4O/c1-11-8-13(4-7-15(11)17)20-16(22)12-2-5-14(6-3-12)21-10-18-9-19-21/h2-10H,1H3,(H,20,22). The summed E-state index contributed by atoms with van der Waals surface area (Å²) in [5, 5.41) is 6.93. The number of hydrogen-bond donors (Lipinski definition) is 1. The van der Waals surface area contributed by atoms with Gasteiger partial charge in [0, 0.05) is 15.7 Å². The van der Waals surface area contributed by atoms with E-state index in [1.165, 1.54) is 6.33 Å². The quantitative estimate of drug-likeness (QED) is 0.779. The second-order valence-electron chi connectivity index (χ2n) is 4.81. The first kappa shape index (κ1) is 14.5. The number of carbonyl (C=O) groups excluding carboxylic acids is 1. The molecular formula is C16H13BrN4O. The molecule has 0 saturated carbocycles. The van der Waals surface area contributed by atoms with Gasteiger partial charge in [0.2, 0.25) is 0 Å². The maximum Gasteiger partial charge on any atom is 0.255 e. The summed E-state index contributed by atoms with van der Waals surface area (Å²) in [6.45, 7) is 1.98. The Kier molecular flexibility index (Phi) is 4.02. The first-order chi connectivity index (χ1) is 10.6. The number of carbonyl (C=O) groups is 1. The highest BCUT2D eigenvalue weighted by atomic mass is 79.9. The van der Waals surface area contributed by atoms with Crippen LogP contribution in [0.2, 0.25) is 0 Å². The van der Waals surface area contributed by atoms with Gasteiger partial charge >= 0.3 is 0 Å². The molecule has 2 aromatic carbocycles. The Balaban J connectivity index is 1.76. The second-order valence-corrected chi connectivity index (χ2v) is 5.66. The maximum atomic E-state index is 12.3. The van der Waals surface area contributed by atoms with Gasteiger partial charge in [-0.3, -0.25) is 4.79 Å². The van der Waals surface area contributed by atoms with Crippen LogP contribution in [0, 0.1) is 6.92 Å². The smallest absolute Gasteiger partial charge is 0.255 e. The maximum absolute atomic E-state index is 12.3. The summed E-state index contributed by atoms with van der Waals surface area (Å²) in [6, 6.07) is 12.9. The van der Waals surface area contributed by atoms with Crippen molar-refractivity contribution in [1.82, 2.24) is 14.8 Å². The molecule has 0 aliphatic carbocycles. The lowest BCUT2D eigenvalue weighted by Gasteiger charge is -2.08. The van der Waals surface area contributed by atoms with Gasteiger partial charge in [0.15, 0.2) is 0 Å². The van der Waals surface area contributed by atoms with E-state index in [-0.39, 0.29) is 5.91 Å². The van der Waals surface area contributed by atoms with E-state index in [1.54, 1.807) is 23.1 Å². The number of hydrogen-bond acceptors (Lipinski definition) is 3. The molecule has 1 aromatic heterocycles. The Morgan fingerprint density at radius 2 is 1.95 bits per heavy atom. The Hall–Kier alpha value is -2.47. The van der Waals surface area contributed by atoms with E-state index in [1.807, 2.05) is 37.3 Å². The highest BCUT2D eigenvalue weighted by Crippen LogP contribution is 2.20. The fraction of sp³-hybridized carbons (Fsp3) is 0.0625. The fourth-order valence-electron chi connectivity index (χ4n) is 2.03. The third-order valence-corrected chi connectivity index (χ3v) is 4.12. The van der Waals surface area contributed by atoms with Crippen molar-refractivity contribution in [3.05, 3.63) is 70.7 Å². The van der Waals surface area contributed by atoms with Crippen LogP contribution < -0.4 is 5.32 Å². The van der Waals surface area contributed by atoms with Gasteiger partial charge in [-0.2, -0.15) is 5.10 Å². The van der Waals surface area contributed by atoms with Gasteiger partial charge in [-0.15, -0.1) is 0 Å². The number of benzene rings is 2. The van der Waals surface area contributed by atoms with Crippen LogP contribution in [-0.4, -0.2) is 20.7 Å². The first-order valence-corrected chi connectivity index (χ1v) is 7.45. The minimum Gasteiger partial charge on any atom is -0.322 e. The third kappa shape index (κ3) is 3.07. The Bertz CT molecular complexity index is 798. The molecule has 1 N–H and O–H groups in total. The van der Waals surface area contributed by atoms with Crippen LogP contribution >= 0.6 is 15.9 Å². The molecule has 1 amide bonds. The zero-order valence-electron chi connectivity index (χ0n) is 11.8. The summed E-state index contributed by atoms with van der Waals surface area (Å²) in [6.07, 6.45) is 3.08. The summed E-state index contributed by atoms with van der Waals surface area (Å²) in [7, 11) is 0. The highest BCUT2D eigenvalue weighted by molar-refractivity contribution is 9.10. The number of nitrogens with zero attached hydrogens (tertiary/aromatic N) is 3. The van der Waals surface area contributed by atoms with Crippen LogP contribution in [0.3, 0.4) is 0 Å². The molecule has 110 valence electrons. The van der Waals surface area contributed by atoms with E-state index in [0.717, 1.165) is 21.4 Å². The molecule has 6 heteroatoms. The molecule has 0 aliphatic heterocycles. The molecule has 0 fully saturated rings. The van der Waals surface area contributed by atoms with Crippen LogP contribution in [0.25, 0.3) is 5.69 Å². The van der Waals surface area contributed by atoms with Crippen LogP contribution in [0.4, 0.5) is 5.69 Å². The lowest BCUT2D eigenvalue weighted by atomic mass is 10.1. The van der Waals surface area contributed by atoms with Crippen molar-refractivity contribution in [2.24, 2.45) is 0 Å². The summed E-state index contributed by atoms with van der Waals surface area (Å²) in [4.78, 5) is 16.1. The SMILES string of the molecule is Cc1cc(NC(=O)c2ccc(-n3cncn3)cc2)ccc1Br. The molecular weight excluding hydrogens is 344 g/mol. The number of aryl methyl sites for hydroxylation is 1. The molecule has 3 rings (SSSR count).